The van der Waals surface area contributed by atoms with Crippen LogP contribution in [0.3, 0.4) is 0 Å². The van der Waals surface area contributed by atoms with E-state index < -0.39 is 0 Å². The van der Waals surface area contributed by atoms with Gasteiger partial charge in [-0.3, -0.25) is 4.68 Å². The van der Waals surface area contributed by atoms with E-state index in [0.717, 1.165) is 29.4 Å². The Morgan fingerprint density at radius 2 is 2.20 bits per heavy atom. The minimum atomic E-state index is -0.220. The van der Waals surface area contributed by atoms with Gasteiger partial charge in [0.1, 0.15) is 5.82 Å². The zero-order chi connectivity index (χ0) is 14.5. The number of aryl methyl sites for hydroxylation is 2. The third-order valence-corrected chi connectivity index (χ3v) is 4.09. The van der Waals surface area contributed by atoms with E-state index in [1.54, 1.807) is 0 Å². The highest BCUT2D eigenvalue weighted by Gasteiger charge is 2.14. The molecule has 0 saturated carbocycles. The SMILES string of the molecule is CCNC(CCc1ccnn1C)c1ccc(F)cc1Br. The number of nitrogens with zero attached hydrogens (tertiary/aromatic N) is 2. The van der Waals surface area contributed by atoms with Crippen LogP contribution in [-0.2, 0) is 13.5 Å². The smallest absolute Gasteiger partial charge is 0.124 e. The third kappa shape index (κ3) is 3.67. The molecule has 0 aliphatic carbocycles. The Kier molecular flexibility index (Phi) is 5.31. The number of rotatable bonds is 6. The first-order valence-corrected chi connectivity index (χ1v) is 7.56. The highest BCUT2D eigenvalue weighted by Crippen LogP contribution is 2.27. The molecule has 5 heteroatoms. The first-order valence-electron chi connectivity index (χ1n) is 6.77. The maximum absolute atomic E-state index is 13.2. The monoisotopic (exact) mass is 339 g/mol. The van der Waals surface area contributed by atoms with Gasteiger partial charge in [0.25, 0.3) is 0 Å². The quantitative estimate of drug-likeness (QED) is 0.871. The van der Waals surface area contributed by atoms with Crippen molar-refractivity contribution in [1.82, 2.24) is 15.1 Å². The van der Waals surface area contributed by atoms with Crippen LogP contribution in [0.25, 0.3) is 0 Å². The number of benzene rings is 1. The predicted octanol–water partition coefficient (Wildman–Crippen LogP) is 3.61. The van der Waals surface area contributed by atoms with Crippen molar-refractivity contribution >= 4 is 15.9 Å². The molecule has 1 atom stereocenters. The first-order chi connectivity index (χ1) is 9.61. The average molecular weight is 340 g/mol. The molecule has 1 aromatic heterocycles. The van der Waals surface area contributed by atoms with Gasteiger partial charge in [-0.15, -0.1) is 0 Å². The molecule has 2 aromatic rings. The van der Waals surface area contributed by atoms with Gasteiger partial charge >= 0.3 is 0 Å². The predicted molar refractivity (Wildman–Crippen MR) is 82.0 cm³/mol. The van der Waals surface area contributed by atoms with E-state index in [1.165, 1.54) is 17.8 Å². The zero-order valence-corrected chi connectivity index (χ0v) is 13.3. The zero-order valence-electron chi connectivity index (χ0n) is 11.7. The molecule has 2 rings (SSSR count). The summed E-state index contributed by atoms with van der Waals surface area (Å²) in [5.74, 6) is -0.220. The van der Waals surface area contributed by atoms with Crippen LogP contribution < -0.4 is 5.32 Å². The van der Waals surface area contributed by atoms with Gasteiger partial charge in [-0.2, -0.15) is 5.10 Å². The van der Waals surface area contributed by atoms with Crippen molar-refractivity contribution < 1.29 is 4.39 Å². The summed E-state index contributed by atoms with van der Waals surface area (Å²) in [6, 6.07) is 7.10. The first kappa shape index (κ1) is 15.2. The lowest BCUT2D eigenvalue weighted by Crippen LogP contribution is -2.22. The molecule has 0 saturated heterocycles. The Labute approximate surface area is 127 Å². The third-order valence-electron chi connectivity index (χ3n) is 3.40. The van der Waals surface area contributed by atoms with Crippen LogP contribution in [0.5, 0.6) is 0 Å². The van der Waals surface area contributed by atoms with Gasteiger partial charge in [0.2, 0.25) is 0 Å². The van der Waals surface area contributed by atoms with Crippen molar-refractivity contribution in [3.8, 4) is 0 Å². The van der Waals surface area contributed by atoms with Gasteiger partial charge in [0, 0.05) is 29.5 Å². The van der Waals surface area contributed by atoms with E-state index in [0.29, 0.717) is 0 Å². The van der Waals surface area contributed by atoms with Crippen molar-refractivity contribution in [3.05, 3.63) is 52.0 Å². The maximum atomic E-state index is 13.2. The molecule has 1 aromatic carbocycles. The number of nitrogens with one attached hydrogen (secondary N) is 1. The van der Waals surface area contributed by atoms with E-state index in [-0.39, 0.29) is 11.9 Å². The van der Waals surface area contributed by atoms with Gasteiger partial charge in [0.05, 0.1) is 0 Å². The highest BCUT2D eigenvalue weighted by atomic mass is 79.9. The highest BCUT2D eigenvalue weighted by molar-refractivity contribution is 9.10. The van der Waals surface area contributed by atoms with Crippen LogP contribution in [0.4, 0.5) is 4.39 Å². The topological polar surface area (TPSA) is 29.9 Å². The molecule has 1 N–H and O–H groups in total. The van der Waals surface area contributed by atoms with Crippen LogP contribution >= 0.6 is 15.9 Å². The Bertz CT molecular complexity index is 568. The molecule has 0 radical (unpaired) electrons. The van der Waals surface area contributed by atoms with E-state index >= 15 is 0 Å². The van der Waals surface area contributed by atoms with Crippen molar-refractivity contribution in [2.75, 3.05) is 6.54 Å². The Hall–Kier alpha value is -1.20. The fraction of sp³-hybridized carbons (Fsp3) is 0.400. The van der Waals surface area contributed by atoms with E-state index in [9.17, 15) is 4.39 Å². The molecule has 0 bridgehead atoms. The Morgan fingerprint density at radius 3 is 2.80 bits per heavy atom. The molecular weight excluding hydrogens is 321 g/mol. The van der Waals surface area contributed by atoms with E-state index in [2.05, 4.69) is 33.3 Å². The van der Waals surface area contributed by atoms with Crippen LogP contribution in [-0.4, -0.2) is 16.3 Å². The Balaban J connectivity index is 2.12. The summed E-state index contributed by atoms with van der Waals surface area (Å²) in [6.07, 6.45) is 3.68. The lowest BCUT2D eigenvalue weighted by atomic mass is 10.0. The van der Waals surface area contributed by atoms with Crippen molar-refractivity contribution in [3.63, 3.8) is 0 Å². The summed E-state index contributed by atoms with van der Waals surface area (Å²) >= 11 is 3.45. The lowest BCUT2D eigenvalue weighted by molar-refractivity contribution is 0.503. The Morgan fingerprint density at radius 1 is 1.40 bits per heavy atom. The second kappa shape index (κ2) is 6.99. The molecule has 0 spiro atoms. The fourth-order valence-electron chi connectivity index (χ4n) is 2.34. The molecule has 0 amide bonds. The van der Waals surface area contributed by atoms with Gasteiger partial charge in [-0.05, 0) is 43.1 Å². The van der Waals surface area contributed by atoms with Crippen LogP contribution in [0.15, 0.2) is 34.9 Å². The number of hydrogen-bond acceptors (Lipinski definition) is 2. The summed E-state index contributed by atoms with van der Waals surface area (Å²) in [5, 5.41) is 7.64. The van der Waals surface area contributed by atoms with Crippen LogP contribution in [0, 0.1) is 5.82 Å². The summed E-state index contributed by atoms with van der Waals surface area (Å²) < 4.78 is 15.9. The fourth-order valence-corrected chi connectivity index (χ4v) is 2.96. The molecule has 20 heavy (non-hydrogen) atoms. The van der Waals surface area contributed by atoms with E-state index in [1.807, 2.05) is 30.1 Å². The minimum Gasteiger partial charge on any atom is -0.310 e. The summed E-state index contributed by atoms with van der Waals surface area (Å²) in [4.78, 5) is 0. The van der Waals surface area contributed by atoms with Gasteiger partial charge in [-0.25, -0.2) is 4.39 Å². The second-order valence-electron chi connectivity index (χ2n) is 4.76. The normalized spacial score (nSPS) is 12.6. The molecule has 3 nitrogen and oxygen atoms in total. The van der Waals surface area contributed by atoms with Gasteiger partial charge < -0.3 is 5.32 Å². The minimum absolute atomic E-state index is 0.199. The number of aromatic nitrogens is 2. The molecular formula is C15H19BrFN3. The van der Waals surface area contributed by atoms with Crippen LogP contribution in [0.1, 0.15) is 30.6 Å². The second-order valence-corrected chi connectivity index (χ2v) is 5.62. The largest absolute Gasteiger partial charge is 0.310 e. The maximum Gasteiger partial charge on any atom is 0.124 e. The van der Waals surface area contributed by atoms with Crippen LogP contribution in [0.2, 0.25) is 0 Å². The van der Waals surface area contributed by atoms with Crippen molar-refractivity contribution in [1.29, 1.82) is 0 Å². The summed E-state index contributed by atoms with van der Waals surface area (Å²) in [6.45, 7) is 2.95. The standard InChI is InChI=1S/C15H19BrFN3/c1-3-18-15(7-5-12-8-9-19-20(12)2)13-6-4-11(17)10-14(13)16/h4,6,8-10,15,18H,3,5,7H2,1-2H3. The van der Waals surface area contributed by atoms with E-state index in [4.69, 9.17) is 0 Å². The molecule has 108 valence electrons. The van der Waals surface area contributed by atoms with Gasteiger partial charge in [0.15, 0.2) is 0 Å². The average Bonchev–Trinajstić information content (AvgIpc) is 2.81. The number of halogens is 2. The molecule has 0 aliphatic rings. The molecule has 1 heterocycles. The lowest BCUT2D eigenvalue weighted by Gasteiger charge is -2.20. The summed E-state index contributed by atoms with van der Waals surface area (Å²) in [7, 11) is 1.95. The number of hydrogen-bond donors (Lipinski definition) is 1. The van der Waals surface area contributed by atoms with Crippen molar-refractivity contribution in [2.45, 2.75) is 25.8 Å². The molecule has 0 fully saturated rings. The van der Waals surface area contributed by atoms with Gasteiger partial charge in [-0.1, -0.05) is 28.9 Å². The summed E-state index contributed by atoms with van der Waals surface area (Å²) in [5.41, 5.74) is 2.29. The van der Waals surface area contributed by atoms with Crippen molar-refractivity contribution in [2.24, 2.45) is 7.05 Å². The molecule has 0 aliphatic heterocycles. The molecule has 1 unspecified atom stereocenters.